The van der Waals surface area contributed by atoms with E-state index in [0.717, 1.165) is 0 Å². The summed E-state index contributed by atoms with van der Waals surface area (Å²) in [6.07, 6.45) is 0. The van der Waals surface area contributed by atoms with Gasteiger partial charge in [-0.25, -0.2) is 0 Å². The zero-order valence-electron chi connectivity index (χ0n) is 2.75. The van der Waals surface area contributed by atoms with E-state index in [1.165, 1.54) is 0 Å². The van der Waals surface area contributed by atoms with Crippen molar-refractivity contribution in [3.8, 4) is 0 Å². The van der Waals surface area contributed by atoms with Crippen molar-refractivity contribution in [3.63, 3.8) is 0 Å². The van der Waals surface area contributed by atoms with Crippen molar-refractivity contribution in [3.05, 3.63) is 0 Å². The van der Waals surface area contributed by atoms with Gasteiger partial charge in [-0.3, -0.25) is 0 Å². The average Bonchev–Trinajstić information content (AvgIpc) is 0. The molecule has 3 nitrogen and oxygen atoms in total. The second kappa shape index (κ2) is 50.8. The molecule has 0 spiro atoms. The Morgan fingerprint density at radius 2 is 0.800 bits per heavy atom. The Kier molecular flexibility index (Phi) is 914. The Morgan fingerprint density at radius 1 is 0.800 bits per heavy atom. The van der Waals surface area contributed by atoms with E-state index in [-0.39, 0.29) is 64.5 Å². The zero-order valence-corrected chi connectivity index (χ0v) is 6.15. The summed E-state index contributed by atoms with van der Waals surface area (Å²) < 4.78 is 0. The topological polar surface area (TPSA) is 88.5 Å². The van der Waals surface area contributed by atoms with Crippen molar-refractivity contribution in [1.29, 1.82) is 0 Å². The van der Waals surface area contributed by atoms with Crippen molar-refractivity contribution >= 4 is 0 Å². The maximum absolute atomic E-state index is 0. The van der Waals surface area contributed by atoms with E-state index in [2.05, 4.69) is 0 Å². The summed E-state index contributed by atoms with van der Waals surface area (Å²) in [5, 5.41) is 0. The molecule has 0 heterocycles. The van der Waals surface area contributed by atoms with E-state index in [1.54, 1.807) is 0 Å². The quantitative estimate of drug-likeness (QED) is 0.314. The van der Waals surface area contributed by atoms with Gasteiger partial charge in [-0.2, -0.15) is 0 Å². The van der Waals surface area contributed by atoms with Gasteiger partial charge in [0.2, 0.25) is 0 Å². The van der Waals surface area contributed by atoms with Crippen LogP contribution in [0, 0.1) is 0 Å². The van der Waals surface area contributed by atoms with Gasteiger partial charge in [-0.05, 0) is 0 Å². The third kappa shape index (κ3) is 30.6. The van der Waals surface area contributed by atoms with E-state index in [1.807, 2.05) is 0 Å². The van der Waals surface area contributed by atoms with E-state index in [4.69, 9.17) is 0 Å². The Balaban J connectivity index is 0. The molecule has 0 amide bonds. The average molecular weight is 124 g/mol. The van der Waals surface area contributed by atoms with Gasteiger partial charge >= 0.3 is 29.6 Å². The van der Waals surface area contributed by atoms with Crippen LogP contribution in [0.25, 0.3) is 0 Å². The van der Waals surface area contributed by atoms with Gasteiger partial charge in [-0.1, -0.05) is 0 Å². The van der Waals surface area contributed by atoms with Gasteiger partial charge < -0.3 is 16.4 Å². The summed E-state index contributed by atoms with van der Waals surface area (Å²) in [7, 11) is 0. The molecule has 29 valence electrons. The molecule has 0 aromatic rings. The second-order valence-electron chi connectivity index (χ2n) is 0. The molecule has 5 heteroatoms. The van der Waals surface area contributed by atoms with E-state index >= 15 is 0 Å². The molecule has 0 aliphatic rings. The van der Waals surface area contributed by atoms with Crippen LogP contribution in [0.15, 0.2) is 0 Å². The first-order valence-electron chi connectivity index (χ1n) is 0. The van der Waals surface area contributed by atoms with Gasteiger partial charge in [0.05, 0.1) is 0 Å². The van der Waals surface area contributed by atoms with Crippen molar-refractivity contribution in [2.75, 3.05) is 0 Å². The Morgan fingerprint density at radius 3 is 0.800 bits per heavy atom. The van der Waals surface area contributed by atoms with Crippen LogP contribution in [-0.4, -0.2) is 11.0 Å². The van der Waals surface area contributed by atoms with Crippen molar-refractivity contribution < 1.29 is 64.5 Å². The summed E-state index contributed by atoms with van der Waals surface area (Å²) in [5.74, 6) is 0. The van der Waals surface area contributed by atoms with Crippen molar-refractivity contribution in [2.24, 2.45) is 0 Å². The number of hydrogen-bond acceptors (Lipinski definition) is 2. The van der Waals surface area contributed by atoms with Crippen LogP contribution in [0.1, 0.15) is 0 Å². The normalized spacial score (nSPS) is 0. The molecule has 0 aromatic carbocycles. The first-order chi connectivity index (χ1) is 0. The van der Waals surface area contributed by atoms with E-state index in [9.17, 15) is 0 Å². The maximum Gasteiger partial charge on any atom is 1.00 e. The monoisotopic (exact) mass is 124 g/mol. The van der Waals surface area contributed by atoms with Crippen LogP contribution >= 0.6 is 0 Å². The Bertz CT molecular complexity index is 6.85. The summed E-state index contributed by atoms with van der Waals surface area (Å²) in [4.78, 5) is 0. The summed E-state index contributed by atoms with van der Waals surface area (Å²) in [6.45, 7) is 0. The van der Waals surface area contributed by atoms with Crippen LogP contribution in [0.3, 0.4) is 0 Å². The fourth-order valence-electron chi connectivity index (χ4n) is 0. The fraction of sp³-hybridized carbons (Fsp3) is 0. The van der Waals surface area contributed by atoms with Crippen LogP contribution in [0.4, 0.5) is 0 Å². The van der Waals surface area contributed by atoms with Crippen molar-refractivity contribution in [1.82, 2.24) is 0 Å². The molecule has 0 bridgehead atoms. The molecule has 0 fully saturated rings. The standard InChI is InChI=1S/Na.2H2O.O.V/h;2*1H2;;/q+1;;;-2;/p-2. The van der Waals surface area contributed by atoms with Crippen LogP contribution < -0.4 is 29.6 Å². The summed E-state index contributed by atoms with van der Waals surface area (Å²) >= 11 is 0. The first-order valence-corrected chi connectivity index (χ1v) is 0. The van der Waals surface area contributed by atoms with Gasteiger partial charge in [0.1, 0.15) is 0 Å². The summed E-state index contributed by atoms with van der Waals surface area (Å²) in [6, 6.07) is 0. The molecule has 0 aliphatic carbocycles. The molecule has 0 saturated carbocycles. The molecule has 0 aromatic heterocycles. The van der Waals surface area contributed by atoms with Gasteiger partial charge in [0, 0.05) is 18.6 Å². The molecule has 0 aliphatic heterocycles. The van der Waals surface area contributed by atoms with Gasteiger partial charge in [-0.15, -0.1) is 0 Å². The molecule has 0 unspecified atom stereocenters. The van der Waals surface area contributed by atoms with Crippen molar-refractivity contribution in [2.45, 2.75) is 0 Å². The maximum atomic E-state index is 0. The predicted molar refractivity (Wildman–Crippen MR) is 4.56 cm³/mol. The third-order valence-corrected chi connectivity index (χ3v) is 0. The zero-order chi connectivity index (χ0) is 0. The minimum atomic E-state index is 0. The predicted octanol–water partition coefficient (Wildman–Crippen LogP) is -3.47. The molecule has 5 heavy (non-hydrogen) atoms. The largest absolute Gasteiger partial charge is 2.00 e. The molecular formula is H2NaO3V-3. The molecule has 0 rings (SSSR count). The minimum Gasteiger partial charge on any atom is -2.00 e. The van der Waals surface area contributed by atoms with Crippen LogP contribution in [0.2, 0.25) is 0 Å². The number of hydrogen-bond donors (Lipinski definition) is 0. The SMILES string of the molecule is [Na+].[O-2].[OH-].[OH-].[V]. The molecular weight excluding hydrogens is 122 g/mol. The summed E-state index contributed by atoms with van der Waals surface area (Å²) in [5.41, 5.74) is 0. The number of rotatable bonds is 0. The van der Waals surface area contributed by atoms with E-state index in [0.29, 0.717) is 0 Å². The van der Waals surface area contributed by atoms with Crippen LogP contribution in [-0.2, 0) is 24.0 Å². The first kappa shape index (κ1) is 90.0. The minimum absolute atomic E-state index is 0. The fourth-order valence-corrected chi connectivity index (χ4v) is 0. The van der Waals surface area contributed by atoms with Gasteiger partial charge in [0.15, 0.2) is 0 Å². The smallest absolute Gasteiger partial charge is 1.00 e. The molecule has 2 N–H and O–H groups in total. The Labute approximate surface area is 64.2 Å². The molecule has 0 atom stereocenters. The van der Waals surface area contributed by atoms with E-state index < -0.39 is 0 Å². The molecule has 0 saturated heterocycles. The Hall–Kier alpha value is 1.46. The third-order valence-electron chi connectivity index (χ3n) is 0. The molecule has 1 radical (unpaired) electrons. The second-order valence-corrected chi connectivity index (χ2v) is 0. The van der Waals surface area contributed by atoms with Gasteiger partial charge in [0.25, 0.3) is 0 Å². The van der Waals surface area contributed by atoms with Crippen LogP contribution in [0.5, 0.6) is 0 Å².